The molecule has 1 aliphatic carbocycles. The summed E-state index contributed by atoms with van der Waals surface area (Å²) in [5.41, 5.74) is 6.04. The van der Waals surface area contributed by atoms with Crippen molar-refractivity contribution in [1.29, 1.82) is 0 Å². The van der Waals surface area contributed by atoms with Gasteiger partial charge in [0.2, 0.25) is 0 Å². The fourth-order valence-corrected chi connectivity index (χ4v) is 2.08. The van der Waals surface area contributed by atoms with Gasteiger partial charge in [-0.05, 0) is 25.2 Å². The van der Waals surface area contributed by atoms with E-state index in [1.807, 2.05) is 6.20 Å². The van der Waals surface area contributed by atoms with E-state index in [2.05, 4.69) is 16.9 Å². The van der Waals surface area contributed by atoms with E-state index in [1.54, 1.807) is 6.20 Å². The topological polar surface area (TPSA) is 54.7 Å². The molecule has 1 aliphatic rings. The average molecular weight is 165 g/mol. The van der Waals surface area contributed by atoms with Crippen LogP contribution in [0.3, 0.4) is 0 Å². The molecule has 12 heavy (non-hydrogen) atoms. The lowest BCUT2D eigenvalue weighted by molar-refractivity contribution is 0.417. The van der Waals surface area contributed by atoms with Crippen LogP contribution in [-0.2, 0) is 5.54 Å². The largest absolute Gasteiger partial charge is 0.347 e. The molecule has 0 unspecified atom stereocenters. The maximum absolute atomic E-state index is 6.22. The summed E-state index contributed by atoms with van der Waals surface area (Å²) >= 11 is 0. The molecule has 0 aliphatic heterocycles. The van der Waals surface area contributed by atoms with Crippen LogP contribution in [0, 0.1) is 5.92 Å². The van der Waals surface area contributed by atoms with Gasteiger partial charge in [0.25, 0.3) is 0 Å². The van der Waals surface area contributed by atoms with E-state index in [9.17, 15) is 0 Å². The molecule has 1 aromatic heterocycles. The number of aromatic amines is 1. The lowest BCUT2D eigenvalue weighted by atomic mass is 9.97. The van der Waals surface area contributed by atoms with Gasteiger partial charge < -0.3 is 10.7 Å². The van der Waals surface area contributed by atoms with Crippen LogP contribution in [0.25, 0.3) is 0 Å². The van der Waals surface area contributed by atoms with Gasteiger partial charge in [-0.1, -0.05) is 6.92 Å². The summed E-state index contributed by atoms with van der Waals surface area (Å²) < 4.78 is 0. The molecular formula is C9H15N3. The number of hydrogen-bond donors (Lipinski definition) is 2. The molecule has 3 heteroatoms. The number of nitrogens with two attached hydrogens (primary N) is 1. The molecule has 0 spiro atoms. The number of aromatic nitrogens is 2. The zero-order valence-corrected chi connectivity index (χ0v) is 7.38. The summed E-state index contributed by atoms with van der Waals surface area (Å²) in [6, 6.07) is 0. The molecule has 1 fully saturated rings. The zero-order chi connectivity index (χ0) is 8.60. The van der Waals surface area contributed by atoms with Crippen molar-refractivity contribution in [3.8, 4) is 0 Å². The average Bonchev–Trinajstić information content (AvgIpc) is 2.59. The number of rotatable bonds is 1. The molecule has 0 radical (unpaired) electrons. The van der Waals surface area contributed by atoms with E-state index in [0.717, 1.165) is 24.6 Å². The van der Waals surface area contributed by atoms with Gasteiger partial charge in [0.1, 0.15) is 5.82 Å². The van der Waals surface area contributed by atoms with E-state index < -0.39 is 0 Å². The van der Waals surface area contributed by atoms with Gasteiger partial charge in [0.15, 0.2) is 0 Å². The molecule has 1 heterocycles. The number of imidazole rings is 1. The lowest BCUT2D eigenvalue weighted by Gasteiger charge is -2.20. The number of nitrogens with zero attached hydrogens (tertiary/aromatic N) is 1. The van der Waals surface area contributed by atoms with E-state index in [0.29, 0.717) is 0 Å². The monoisotopic (exact) mass is 165 g/mol. The smallest absolute Gasteiger partial charge is 0.126 e. The van der Waals surface area contributed by atoms with Crippen LogP contribution in [0.1, 0.15) is 32.0 Å². The second-order valence-electron chi connectivity index (χ2n) is 3.94. The van der Waals surface area contributed by atoms with Crippen LogP contribution >= 0.6 is 0 Å². The Morgan fingerprint density at radius 2 is 2.58 bits per heavy atom. The minimum Gasteiger partial charge on any atom is -0.347 e. The first-order valence-corrected chi connectivity index (χ1v) is 4.49. The molecule has 2 rings (SSSR count). The van der Waals surface area contributed by atoms with Crippen molar-refractivity contribution < 1.29 is 0 Å². The Hall–Kier alpha value is -0.830. The van der Waals surface area contributed by atoms with Crippen molar-refractivity contribution in [3.05, 3.63) is 18.2 Å². The number of H-pyrrole nitrogens is 1. The third-order valence-electron chi connectivity index (χ3n) is 2.77. The third kappa shape index (κ3) is 1.14. The molecule has 66 valence electrons. The molecule has 0 aromatic carbocycles. The van der Waals surface area contributed by atoms with Crippen LogP contribution in [-0.4, -0.2) is 9.97 Å². The standard InChI is InChI=1S/C9H15N3/c1-7-2-3-9(10,6-7)8-11-4-5-12-8/h4-5,7H,2-3,6,10H2,1H3,(H,11,12)/t7-,9+/m0/s1. The Morgan fingerprint density at radius 1 is 1.75 bits per heavy atom. The van der Waals surface area contributed by atoms with Gasteiger partial charge in [-0.25, -0.2) is 4.98 Å². The maximum Gasteiger partial charge on any atom is 0.126 e. The molecular weight excluding hydrogens is 150 g/mol. The summed E-state index contributed by atoms with van der Waals surface area (Å²) in [7, 11) is 0. The molecule has 0 saturated heterocycles. The van der Waals surface area contributed by atoms with Crippen LogP contribution in [0.4, 0.5) is 0 Å². The first-order chi connectivity index (χ1) is 5.71. The molecule has 0 bridgehead atoms. The highest BCUT2D eigenvalue weighted by atomic mass is 15.0. The normalized spacial score (nSPS) is 35.7. The molecule has 2 atom stereocenters. The van der Waals surface area contributed by atoms with E-state index in [1.165, 1.54) is 6.42 Å². The van der Waals surface area contributed by atoms with Gasteiger partial charge in [0.05, 0.1) is 5.54 Å². The fraction of sp³-hybridized carbons (Fsp3) is 0.667. The van der Waals surface area contributed by atoms with Crippen molar-refractivity contribution in [2.24, 2.45) is 11.7 Å². The summed E-state index contributed by atoms with van der Waals surface area (Å²) in [4.78, 5) is 7.33. The Labute approximate surface area is 72.4 Å². The zero-order valence-electron chi connectivity index (χ0n) is 7.38. The van der Waals surface area contributed by atoms with Gasteiger partial charge in [0, 0.05) is 12.4 Å². The fourth-order valence-electron chi connectivity index (χ4n) is 2.08. The van der Waals surface area contributed by atoms with Crippen molar-refractivity contribution in [2.45, 2.75) is 31.7 Å². The first kappa shape index (κ1) is 7.80. The lowest BCUT2D eigenvalue weighted by Crippen LogP contribution is -2.34. The number of nitrogens with one attached hydrogen (secondary N) is 1. The highest BCUT2D eigenvalue weighted by Gasteiger charge is 2.37. The Bertz CT molecular complexity index is 255. The van der Waals surface area contributed by atoms with Crippen molar-refractivity contribution in [3.63, 3.8) is 0 Å². The maximum atomic E-state index is 6.22. The van der Waals surface area contributed by atoms with Crippen LogP contribution < -0.4 is 5.73 Å². The third-order valence-corrected chi connectivity index (χ3v) is 2.77. The van der Waals surface area contributed by atoms with Gasteiger partial charge in [-0.2, -0.15) is 0 Å². The van der Waals surface area contributed by atoms with Crippen molar-refractivity contribution >= 4 is 0 Å². The molecule has 3 nitrogen and oxygen atoms in total. The highest BCUT2D eigenvalue weighted by Crippen LogP contribution is 2.37. The molecule has 1 aromatic rings. The predicted molar refractivity (Wildman–Crippen MR) is 47.5 cm³/mol. The first-order valence-electron chi connectivity index (χ1n) is 4.49. The Kier molecular flexibility index (Phi) is 1.68. The van der Waals surface area contributed by atoms with Crippen LogP contribution in [0.5, 0.6) is 0 Å². The molecule has 1 saturated carbocycles. The van der Waals surface area contributed by atoms with E-state index in [4.69, 9.17) is 5.73 Å². The minimum atomic E-state index is -0.178. The molecule has 3 N–H and O–H groups in total. The van der Waals surface area contributed by atoms with Gasteiger partial charge >= 0.3 is 0 Å². The Balaban J connectivity index is 2.23. The van der Waals surface area contributed by atoms with E-state index in [-0.39, 0.29) is 5.54 Å². The predicted octanol–water partition coefficient (Wildman–Crippen LogP) is 1.38. The second-order valence-corrected chi connectivity index (χ2v) is 3.94. The van der Waals surface area contributed by atoms with Crippen LogP contribution in [0.15, 0.2) is 12.4 Å². The second kappa shape index (κ2) is 2.59. The van der Waals surface area contributed by atoms with Crippen molar-refractivity contribution in [2.75, 3.05) is 0 Å². The summed E-state index contributed by atoms with van der Waals surface area (Å²) in [5.74, 6) is 1.69. The van der Waals surface area contributed by atoms with Crippen LogP contribution in [0.2, 0.25) is 0 Å². The highest BCUT2D eigenvalue weighted by molar-refractivity contribution is 5.08. The van der Waals surface area contributed by atoms with E-state index >= 15 is 0 Å². The summed E-state index contributed by atoms with van der Waals surface area (Å²) in [6.07, 6.45) is 6.94. The summed E-state index contributed by atoms with van der Waals surface area (Å²) in [5, 5.41) is 0. The molecule has 0 amide bonds. The van der Waals surface area contributed by atoms with Gasteiger partial charge in [-0.3, -0.25) is 0 Å². The summed E-state index contributed by atoms with van der Waals surface area (Å²) in [6.45, 7) is 2.25. The van der Waals surface area contributed by atoms with Crippen molar-refractivity contribution in [1.82, 2.24) is 9.97 Å². The number of hydrogen-bond acceptors (Lipinski definition) is 2. The quantitative estimate of drug-likeness (QED) is 0.660. The van der Waals surface area contributed by atoms with Gasteiger partial charge in [-0.15, -0.1) is 0 Å². The SMILES string of the molecule is C[C@H]1CC[C@](N)(c2ncc[nH]2)C1. The minimum absolute atomic E-state index is 0.178. The Morgan fingerprint density at radius 3 is 3.08 bits per heavy atom.